The van der Waals surface area contributed by atoms with Gasteiger partial charge >= 0.3 is 5.97 Å². The summed E-state index contributed by atoms with van der Waals surface area (Å²) in [6, 6.07) is 11.4. The molecular weight excluding hydrogens is 410 g/mol. The standard InChI is InChI=1S/C24H29N3O3S/c1-6-27-20-12-11-17(23(29)30-7-2)13-19(20)25-24(27)31-14-21(28)26-22-16(5)9-8-10-18(22)15(3)4/h8-13,15H,6-7,14H2,1-5H3,(H,26,28). The second kappa shape index (κ2) is 10.0. The fourth-order valence-electron chi connectivity index (χ4n) is 3.51. The fraction of sp³-hybridized carbons (Fsp3) is 0.375. The number of imidazole rings is 1. The number of ether oxygens (including phenoxy) is 1. The van der Waals surface area contributed by atoms with E-state index in [-0.39, 0.29) is 17.6 Å². The Balaban J connectivity index is 1.78. The van der Waals surface area contributed by atoms with Gasteiger partial charge in [-0.05, 0) is 56.0 Å². The quantitative estimate of drug-likeness (QED) is 0.376. The minimum Gasteiger partial charge on any atom is -0.462 e. The average Bonchev–Trinajstić information content (AvgIpc) is 3.10. The summed E-state index contributed by atoms with van der Waals surface area (Å²) in [5.74, 6) is 0.145. The minimum atomic E-state index is -0.358. The SMILES string of the molecule is CCOC(=O)c1ccc2c(c1)nc(SCC(=O)Nc1c(C)cccc1C(C)C)n2CC. The zero-order valence-corrected chi connectivity index (χ0v) is 19.5. The van der Waals surface area contributed by atoms with Crippen molar-refractivity contribution < 1.29 is 14.3 Å². The molecular formula is C24H29N3O3S. The number of esters is 1. The highest BCUT2D eigenvalue weighted by atomic mass is 32.2. The zero-order valence-electron chi connectivity index (χ0n) is 18.7. The van der Waals surface area contributed by atoms with E-state index in [9.17, 15) is 9.59 Å². The van der Waals surface area contributed by atoms with Crippen molar-refractivity contribution >= 4 is 40.4 Å². The third kappa shape index (κ3) is 5.10. The Hall–Kier alpha value is -2.80. The van der Waals surface area contributed by atoms with Crippen LogP contribution in [0.3, 0.4) is 0 Å². The van der Waals surface area contributed by atoms with Gasteiger partial charge in [0.25, 0.3) is 0 Å². The van der Waals surface area contributed by atoms with Crippen LogP contribution in [-0.2, 0) is 16.1 Å². The fourth-order valence-corrected chi connectivity index (χ4v) is 4.39. The molecule has 0 aliphatic heterocycles. The minimum absolute atomic E-state index is 0.0666. The van der Waals surface area contributed by atoms with Gasteiger partial charge in [0.1, 0.15) is 0 Å². The Morgan fingerprint density at radius 1 is 1.19 bits per heavy atom. The predicted molar refractivity (Wildman–Crippen MR) is 126 cm³/mol. The maximum atomic E-state index is 12.7. The molecule has 0 unspecified atom stereocenters. The van der Waals surface area contributed by atoms with E-state index in [1.165, 1.54) is 11.8 Å². The predicted octanol–water partition coefficient (Wildman–Crippen LogP) is 5.40. The van der Waals surface area contributed by atoms with Crippen LogP contribution in [0.4, 0.5) is 5.69 Å². The van der Waals surface area contributed by atoms with Gasteiger partial charge in [-0.2, -0.15) is 0 Å². The number of thioether (sulfide) groups is 1. The summed E-state index contributed by atoms with van der Waals surface area (Å²) in [7, 11) is 0. The number of nitrogens with one attached hydrogen (secondary N) is 1. The number of hydrogen-bond acceptors (Lipinski definition) is 5. The maximum absolute atomic E-state index is 12.7. The van der Waals surface area contributed by atoms with Crippen molar-refractivity contribution in [2.75, 3.05) is 17.7 Å². The van der Waals surface area contributed by atoms with Crippen molar-refractivity contribution in [2.24, 2.45) is 0 Å². The molecule has 164 valence electrons. The molecule has 0 fully saturated rings. The monoisotopic (exact) mass is 439 g/mol. The van der Waals surface area contributed by atoms with Crippen molar-refractivity contribution in [3.8, 4) is 0 Å². The number of aromatic nitrogens is 2. The van der Waals surface area contributed by atoms with Crippen molar-refractivity contribution in [1.29, 1.82) is 0 Å². The number of para-hydroxylation sites is 1. The summed E-state index contributed by atoms with van der Waals surface area (Å²) in [4.78, 5) is 29.4. The third-order valence-electron chi connectivity index (χ3n) is 5.06. The average molecular weight is 440 g/mol. The van der Waals surface area contributed by atoms with Crippen LogP contribution in [0.15, 0.2) is 41.6 Å². The molecule has 6 nitrogen and oxygen atoms in total. The molecule has 1 amide bonds. The van der Waals surface area contributed by atoms with Gasteiger partial charge in [0.2, 0.25) is 5.91 Å². The largest absolute Gasteiger partial charge is 0.462 e. The Kier molecular flexibility index (Phi) is 7.38. The lowest BCUT2D eigenvalue weighted by Crippen LogP contribution is -2.17. The molecule has 0 bridgehead atoms. The molecule has 0 saturated heterocycles. The number of fused-ring (bicyclic) bond motifs is 1. The molecule has 0 aliphatic carbocycles. The van der Waals surface area contributed by atoms with Crippen molar-refractivity contribution in [2.45, 2.75) is 52.2 Å². The van der Waals surface area contributed by atoms with Gasteiger partial charge in [0.15, 0.2) is 5.16 Å². The normalized spacial score (nSPS) is 11.2. The van der Waals surface area contributed by atoms with E-state index in [2.05, 4.69) is 34.8 Å². The van der Waals surface area contributed by atoms with E-state index in [4.69, 9.17) is 4.74 Å². The molecule has 1 aromatic heterocycles. The maximum Gasteiger partial charge on any atom is 0.338 e. The number of carbonyl (C=O) groups excluding carboxylic acids is 2. The van der Waals surface area contributed by atoms with Gasteiger partial charge in [-0.1, -0.05) is 43.8 Å². The molecule has 2 aromatic carbocycles. The molecule has 0 aliphatic rings. The first-order valence-corrected chi connectivity index (χ1v) is 11.5. The van der Waals surface area contributed by atoms with Gasteiger partial charge in [0, 0.05) is 12.2 Å². The number of anilines is 1. The molecule has 3 aromatic rings. The highest BCUT2D eigenvalue weighted by molar-refractivity contribution is 7.99. The molecule has 31 heavy (non-hydrogen) atoms. The number of hydrogen-bond donors (Lipinski definition) is 1. The van der Waals surface area contributed by atoms with Gasteiger partial charge < -0.3 is 14.6 Å². The van der Waals surface area contributed by atoms with E-state index in [1.807, 2.05) is 32.0 Å². The van der Waals surface area contributed by atoms with Gasteiger partial charge in [-0.25, -0.2) is 9.78 Å². The topological polar surface area (TPSA) is 73.2 Å². The van der Waals surface area contributed by atoms with Crippen LogP contribution in [0.2, 0.25) is 0 Å². The van der Waals surface area contributed by atoms with E-state index >= 15 is 0 Å². The first-order valence-electron chi connectivity index (χ1n) is 10.5. The molecule has 7 heteroatoms. The van der Waals surface area contributed by atoms with Crippen LogP contribution in [-0.4, -0.2) is 33.8 Å². The lowest BCUT2D eigenvalue weighted by molar-refractivity contribution is -0.113. The lowest BCUT2D eigenvalue weighted by Gasteiger charge is -2.16. The molecule has 1 heterocycles. The van der Waals surface area contributed by atoms with Gasteiger partial charge in [-0.15, -0.1) is 0 Å². The summed E-state index contributed by atoms with van der Waals surface area (Å²) in [5.41, 5.74) is 5.20. The summed E-state index contributed by atoms with van der Waals surface area (Å²) < 4.78 is 7.13. The van der Waals surface area contributed by atoms with Crippen LogP contribution < -0.4 is 5.32 Å². The molecule has 3 rings (SSSR count). The smallest absolute Gasteiger partial charge is 0.338 e. The first kappa shape index (κ1) is 22.9. The third-order valence-corrected chi connectivity index (χ3v) is 6.04. The Morgan fingerprint density at radius 3 is 2.65 bits per heavy atom. The number of carbonyl (C=O) groups is 2. The molecule has 0 saturated carbocycles. The second-order valence-corrected chi connectivity index (χ2v) is 8.54. The van der Waals surface area contributed by atoms with Crippen LogP contribution in [0.5, 0.6) is 0 Å². The van der Waals surface area contributed by atoms with Crippen molar-refractivity contribution in [1.82, 2.24) is 9.55 Å². The van der Waals surface area contributed by atoms with Crippen LogP contribution in [0.25, 0.3) is 11.0 Å². The van der Waals surface area contributed by atoms with E-state index in [0.717, 1.165) is 33.0 Å². The number of benzene rings is 2. The summed E-state index contributed by atoms with van der Waals surface area (Å²) in [6.45, 7) is 11.1. The van der Waals surface area contributed by atoms with Crippen LogP contribution >= 0.6 is 11.8 Å². The number of rotatable bonds is 8. The summed E-state index contributed by atoms with van der Waals surface area (Å²) in [6.07, 6.45) is 0. The second-order valence-electron chi connectivity index (χ2n) is 7.59. The van der Waals surface area contributed by atoms with Crippen molar-refractivity contribution in [3.63, 3.8) is 0 Å². The molecule has 0 atom stereocenters. The molecule has 0 spiro atoms. The Morgan fingerprint density at radius 2 is 1.97 bits per heavy atom. The highest BCUT2D eigenvalue weighted by Crippen LogP contribution is 2.29. The van der Waals surface area contributed by atoms with Crippen LogP contribution in [0, 0.1) is 6.92 Å². The summed E-state index contributed by atoms with van der Waals surface area (Å²) in [5, 5.41) is 3.83. The van der Waals surface area contributed by atoms with Gasteiger partial charge in [0.05, 0.1) is 29.0 Å². The zero-order chi connectivity index (χ0) is 22.5. The molecule has 0 radical (unpaired) electrons. The molecule has 1 N–H and O–H groups in total. The van der Waals surface area contributed by atoms with Crippen LogP contribution in [0.1, 0.15) is 55.1 Å². The first-order chi connectivity index (χ1) is 14.8. The summed E-state index contributed by atoms with van der Waals surface area (Å²) >= 11 is 1.39. The lowest BCUT2D eigenvalue weighted by atomic mass is 9.98. The van der Waals surface area contributed by atoms with Crippen molar-refractivity contribution in [3.05, 3.63) is 53.1 Å². The van der Waals surface area contributed by atoms with Gasteiger partial charge in [-0.3, -0.25) is 4.79 Å². The Labute approximate surface area is 187 Å². The highest BCUT2D eigenvalue weighted by Gasteiger charge is 2.16. The number of aryl methyl sites for hydroxylation is 2. The number of nitrogens with zero attached hydrogens (tertiary/aromatic N) is 2. The van der Waals surface area contributed by atoms with E-state index in [0.29, 0.717) is 24.6 Å². The Bertz CT molecular complexity index is 1100. The van der Waals surface area contributed by atoms with E-state index < -0.39 is 0 Å². The van der Waals surface area contributed by atoms with E-state index in [1.54, 1.807) is 19.1 Å². The number of amides is 1.